The van der Waals surface area contributed by atoms with Crippen LogP contribution >= 0.6 is 12.4 Å². The fourth-order valence-electron chi connectivity index (χ4n) is 1.79. The highest BCUT2D eigenvalue weighted by atomic mass is 35.5. The van der Waals surface area contributed by atoms with Crippen molar-refractivity contribution in [3.05, 3.63) is 40.6 Å². The van der Waals surface area contributed by atoms with Gasteiger partial charge in [0.2, 0.25) is 11.3 Å². The highest BCUT2D eigenvalue weighted by Crippen LogP contribution is 2.00. The van der Waals surface area contributed by atoms with Crippen molar-refractivity contribution in [2.24, 2.45) is 0 Å². The Morgan fingerprint density at radius 2 is 1.89 bits per heavy atom. The number of amides is 1. The van der Waals surface area contributed by atoms with Gasteiger partial charge in [0.05, 0.1) is 25.4 Å². The second-order valence-electron chi connectivity index (χ2n) is 4.13. The van der Waals surface area contributed by atoms with Crippen LogP contribution in [0.15, 0.2) is 35.1 Å². The summed E-state index contributed by atoms with van der Waals surface area (Å²) in [5.41, 5.74) is 0.133. The van der Waals surface area contributed by atoms with Gasteiger partial charge in [-0.3, -0.25) is 14.5 Å². The lowest BCUT2D eigenvalue weighted by Crippen LogP contribution is -2.41. The first kappa shape index (κ1) is 15.6. The summed E-state index contributed by atoms with van der Waals surface area (Å²) in [5, 5.41) is 2.64. The van der Waals surface area contributed by atoms with E-state index in [4.69, 9.17) is 4.74 Å². The Morgan fingerprint density at radius 3 is 2.63 bits per heavy atom. The van der Waals surface area contributed by atoms with Gasteiger partial charge < -0.3 is 10.1 Å². The second kappa shape index (κ2) is 7.89. The molecule has 0 radical (unpaired) electrons. The van der Waals surface area contributed by atoms with Crippen molar-refractivity contribution in [1.29, 1.82) is 0 Å². The zero-order valence-electron chi connectivity index (χ0n) is 10.5. The van der Waals surface area contributed by atoms with E-state index in [9.17, 15) is 9.59 Å². The Kier molecular flexibility index (Phi) is 6.49. The second-order valence-corrected chi connectivity index (χ2v) is 4.13. The van der Waals surface area contributed by atoms with Gasteiger partial charge in [-0.05, 0) is 12.1 Å². The standard InChI is InChI=1S/C13H16N2O3.ClH/c16-12-5-3-1-2-4-11(12)14-13(17)10-15-6-8-18-9-7-15;/h1-5H,6-10H2,(H,14,16,17);1H. The summed E-state index contributed by atoms with van der Waals surface area (Å²) in [5.74, 6) is -0.166. The van der Waals surface area contributed by atoms with Gasteiger partial charge in [-0.15, -0.1) is 12.4 Å². The maximum Gasteiger partial charge on any atom is 0.238 e. The molecule has 0 spiro atoms. The summed E-state index contributed by atoms with van der Waals surface area (Å²) in [6.45, 7) is 3.10. The van der Waals surface area contributed by atoms with Crippen molar-refractivity contribution in [1.82, 2.24) is 4.90 Å². The monoisotopic (exact) mass is 284 g/mol. The van der Waals surface area contributed by atoms with Crippen LogP contribution < -0.4 is 10.7 Å². The SMILES string of the molecule is Cl.O=C(CN1CCOCC1)Nc1cccccc1=O. The van der Waals surface area contributed by atoms with Crippen molar-refractivity contribution in [3.63, 3.8) is 0 Å². The van der Waals surface area contributed by atoms with Crippen LogP contribution in [0.25, 0.3) is 0 Å². The smallest absolute Gasteiger partial charge is 0.238 e. The first-order valence-corrected chi connectivity index (χ1v) is 5.95. The van der Waals surface area contributed by atoms with E-state index in [1.165, 1.54) is 6.07 Å². The van der Waals surface area contributed by atoms with Crippen molar-refractivity contribution in [2.45, 2.75) is 0 Å². The largest absolute Gasteiger partial charge is 0.379 e. The Bertz CT molecular complexity index is 475. The van der Waals surface area contributed by atoms with Gasteiger partial charge >= 0.3 is 0 Å². The Balaban J connectivity index is 0.00000180. The van der Waals surface area contributed by atoms with Gasteiger partial charge in [-0.2, -0.15) is 0 Å². The van der Waals surface area contributed by atoms with E-state index in [-0.39, 0.29) is 23.7 Å². The van der Waals surface area contributed by atoms with Gasteiger partial charge in [0.25, 0.3) is 0 Å². The minimum atomic E-state index is -0.185. The molecule has 0 unspecified atom stereocenters. The number of ether oxygens (including phenoxy) is 1. The molecule has 1 heterocycles. The predicted molar refractivity (Wildman–Crippen MR) is 75.8 cm³/mol. The molecule has 0 bridgehead atoms. The number of halogens is 1. The van der Waals surface area contributed by atoms with Crippen LogP contribution in [0.2, 0.25) is 0 Å². The van der Waals surface area contributed by atoms with Crippen molar-refractivity contribution in [2.75, 3.05) is 38.2 Å². The number of anilines is 1. The summed E-state index contributed by atoms with van der Waals surface area (Å²) in [7, 11) is 0. The zero-order valence-corrected chi connectivity index (χ0v) is 11.3. The zero-order chi connectivity index (χ0) is 12.8. The third kappa shape index (κ3) is 4.98. The van der Waals surface area contributed by atoms with E-state index in [0.29, 0.717) is 25.4 Å². The van der Waals surface area contributed by atoms with Crippen molar-refractivity contribution in [3.8, 4) is 0 Å². The first-order chi connectivity index (χ1) is 8.75. The van der Waals surface area contributed by atoms with Crippen LogP contribution in [0.5, 0.6) is 0 Å². The molecule has 0 saturated carbocycles. The molecule has 104 valence electrons. The lowest BCUT2D eigenvalue weighted by atomic mass is 10.3. The predicted octanol–water partition coefficient (Wildman–Crippen LogP) is 0.739. The summed E-state index contributed by atoms with van der Waals surface area (Å²) in [6.07, 6.45) is 0. The number of hydrogen-bond acceptors (Lipinski definition) is 4. The lowest BCUT2D eigenvalue weighted by Gasteiger charge is -2.25. The fourth-order valence-corrected chi connectivity index (χ4v) is 1.79. The first-order valence-electron chi connectivity index (χ1n) is 5.95. The highest BCUT2D eigenvalue weighted by molar-refractivity contribution is 5.92. The Hall–Kier alpha value is -1.43. The third-order valence-electron chi connectivity index (χ3n) is 2.74. The van der Waals surface area contributed by atoms with Gasteiger partial charge in [0.15, 0.2) is 0 Å². The van der Waals surface area contributed by atoms with E-state index in [1.807, 2.05) is 4.90 Å². The lowest BCUT2D eigenvalue weighted by molar-refractivity contribution is -0.118. The van der Waals surface area contributed by atoms with Gasteiger partial charge in [0.1, 0.15) is 0 Å². The minimum Gasteiger partial charge on any atom is -0.379 e. The molecule has 2 rings (SSSR count). The molecular formula is C13H17ClN2O3. The number of rotatable bonds is 3. The molecule has 19 heavy (non-hydrogen) atoms. The molecular weight excluding hydrogens is 268 g/mol. The number of carbonyl (C=O) groups excluding carboxylic acids is 1. The van der Waals surface area contributed by atoms with Crippen LogP contribution in [0, 0.1) is 0 Å². The molecule has 1 fully saturated rings. The molecule has 1 N–H and O–H groups in total. The topological polar surface area (TPSA) is 58.6 Å². The van der Waals surface area contributed by atoms with Gasteiger partial charge in [0, 0.05) is 13.1 Å². The van der Waals surface area contributed by atoms with E-state index < -0.39 is 0 Å². The number of nitrogens with zero attached hydrogens (tertiary/aromatic N) is 1. The average Bonchev–Trinajstić information content (AvgIpc) is 2.56. The van der Waals surface area contributed by atoms with Crippen LogP contribution in [0.4, 0.5) is 5.69 Å². The quantitative estimate of drug-likeness (QED) is 0.889. The molecule has 0 atom stereocenters. The van der Waals surface area contributed by atoms with Crippen molar-refractivity contribution < 1.29 is 9.53 Å². The van der Waals surface area contributed by atoms with Crippen LogP contribution in [0.3, 0.4) is 0 Å². The van der Waals surface area contributed by atoms with E-state index in [2.05, 4.69) is 5.32 Å². The molecule has 1 aromatic carbocycles. The molecule has 6 heteroatoms. The average molecular weight is 285 g/mol. The summed E-state index contributed by atoms with van der Waals surface area (Å²) in [4.78, 5) is 25.4. The third-order valence-corrected chi connectivity index (χ3v) is 2.74. The Labute approximate surface area is 118 Å². The van der Waals surface area contributed by atoms with Crippen molar-refractivity contribution >= 4 is 24.0 Å². The highest BCUT2D eigenvalue weighted by Gasteiger charge is 2.14. The van der Waals surface area contributed by atoms with E-state index in [0.717, 1.165) is 13.1 Å². The maximum absolute atomic E-state index is 11.8. The number of hydrogen-bond donors (Lipinski definition) is 1. The van der Waals surface area contributed by atoms with Crippen LogP contribution in [-0.4, -0.2) is 43.7 Å². The Morgan fingerprint density at radius 1 is 1.21 bits per heavy atom. The number of carbonyl (C=O) groups is 1. The van der Waals surface area contributed by atoms with Crippen LogP contribution in [-0.2, 0) is 9.53 Å². The molecule has 5 nitrogen and oxygen atoms in total. The van der Waals surface area contributed by atoms with Gasteiger partial charge in [-0.25, -0.2) is 0 Å². The van der Waals surface area contributed by atoms with Crippen LogP contribution in [0.1, 0.15) is 0 Å². The molecule has 1 amide bonds. The molecule has 0 aliphatic carbocycles. The maximum atomic E-state index is 11.8. The molecule has 1 saturated heterocycles. The molecule has 1 aliphatic heterocycles. The minimum absolute atomic E-state index is 0. The van der Waals surface area contributed by atoms with E-state index in [1.54, 1.807) is 24.3 Å². The summed E-state index contributed by atoms with van der Waals surface area (Å²) >= 11 is 0. The molecule has 1 aliphatic rings. The molecule has 1 aromatic rings. The normalized spacial score (nSPS) is 15.4. The fraction of sp³-hybridized carbons (Fsp3) is 0.385. The van der Waals surface area contributed by atoms with E-state index >= 15 is 0 Å². The number of morpholine rings is 1. The number of nitrogens with one attached hydrogen (secondary N) is 1. The summed E-state index contributed by atoms with van der Waals surface area (Å²) in [6, 6.07) is 8.18. The summed E-state index contributed by atoms with van der Waals surface area (Å²) < 4.78 is 5.21. The molecule has 0 aromatic heterocycles. The van der Waals surface area contributed by atoms with Gasteiger partial charge in [-0.1, -0.05) is 18.2 Å².